The molecular formula is C29H50Cl2N6. The van der Waals surface area contributed by atoms with E-state index in [0.717, 1.165) is 61.2 Å². The second kappa shape index (κ2) is 19.5. The van der Waals surface area contributed by atoms with Crippen LogP contribution in [0.15, 0.2) is 30.3 Å². The van der Waals surface area contributed by atoms with Crippen LogP contribution in [0.5, 0.6) is 0 Å². The van der Waals surface area contributed by atoms with E-state index < -0.39 is 0 Å². The minimum absolute atomic E-state index is 0. The van der Waals surface area contributed by atoms with E-state index in [1.807, 2.05) is 31.2 Å². The number of aromatic nitrogens is 2. The fourth-order valence-electron chi connectivity index (χ4n) is 4.68. The van der Waals surface area contributed by atoms with Gasteiger partial charge in [-0.25, -0.2) is 4.98 Å². The van der Waals surface area contributed by atoms with Gasteiger partial charge in [0.15, 0.2) is 0 Å². The fraction of sp³-hybridized carbons (Fsp3) is 0.655. The van der Waals surface area contributed by atoms with Crippen LogP contribution in [-0.2, 0) is 0 Å². The standard InChI is InChI=1S/C29H49ClN6.ClH/c1-6-16-34(17-7-2)20-10-22-36(23-11-21-35(18-8-3)19-9-4)28-24-25(5)31-29(33-28)32-27-14-12-26(30)13-15-27;/h12-15,24H,6-11,16-23H2,1-5H3,(H,31,32,33);1H. The largest absolute Gasteiger partial charge is 0.356 e. The van der Waals surface area contributed by atoms with Crippen LogP contribution in [0.25, 0.3) is 0 Å². The van der Waals surface area contributed by atoms with Gasteiger partial charge in [0, 0.05) is 35.6 Å². The summed E-state index contributed by atoms with van der Waals surface area (Å²) in [5.74, 6) is 1.64. The molecule has 0 saturated heterocycles. The lowest BCUT2D eigenvalue weighted by Gasteiger charge is -2.28. The molecule has 0 radical (unpaired) electrons. The van der Waals surface area contributed by atoms with Gasteiger partial charge in [0.05, 0.1) is 0 Å². The minimum Gasteiger partial charge on any atom is -0.356 e. The monoisotopic (exact) mass is 552 g/mol. The molecule has 0 atom stereocenters. The van der Waals surface area contributed by atoms with Gasteiger partial charge < -0.3 is 20.0 Å². The molecular weight excluding hydrogens is 503 g/mol. The van der Waals surface area contributed by atoms with Crippen LogP contribution in [0, 0.1) is 6.92 Å². The Hall–Kier alpha value is -1.60. The quantitative estimate of drug-likeness (QED) is 0.195. The van der Waals surface area contributed by atoms with E-state index in [0.29, 0.717) is 5.95 Å². The number of nitrogens with zero attached hydrogens (tertiary/aromatic N) is 5. The van der Waals surface area contributed by atoms with Crippen LogP contribution in [0.3, 0.4) is 0 Å². The lowest BCUT2D eigenvalue weighted by atomic mass is 10.2. The summed E-state index contributed by atoms with van der Waals surface area (Å²) in [5, 5.41) is 4.08. The summed E-state index contributed by atoms with van der Waals surface area (Å²) in [7, 11) is 0. The van der Waals surface area contributed by atoms with E-state index in [1.165, 1.54) is 51.9 Å². The van der Waals surface area contributed by atoms with Crippen LogP contribution in [0.1, 0.15) is 71.9 Å². The van der Waals surface area contributed by atoms with Crippen molar-refractivity contribution >= 4 is 41.5 Å². The first kappa shape index (κ1) is 33.4. The minimum atomic E-state index is 0. The van der Waals surface area contributed by atoms with Crippen molar-refractivity contribution in [1.29, 1.82) is 0 Å². The van der Waals surface area contributed by atoms with Crippen molar-refractivity contribution < 1.29 is 0 Å². The first-order valence-electron chi connectivity index (χ1n) is 14.1. The van der Waals surface area contributed by atoms with Crippen molar-refractivity contribution in [2.75, 3.05) is 62.6 Å². The maximum absolute atomic E-state index is 6.05. The summed E-state index contributed by atoms with van der Waals surface area (Å²) in [6.07, 6.45) is 7.10. The number of hydrogen-bond acceptors (Lipinski definition) is 6. The normalized spacial score (nSPS) is 11.1. The molecule has 2 aromatic rings. The number of halogens is 2. The van der Waals surface area contributed by atoms with Crippen molar-refractivity contribution in [2.24, 2.45) is 0 Å². The predicted molar refractivity (Wildman–Crippen MR) is 164 cm³/mol. The number of anilines is 3. The Morgan fingerprint density at radius 3 is 1.65 bits per heavy atom. The second-order valence-electron chi connectivity index (χ2n) is 9.70. The first-order valence-corrected chi connectivity index (χ1v) is 14.4. The zero-order chi connectivity index (χ0) is 26.2. The zero-order valence-corrected chi connectivity index (χ0v) is 25.4. The number of rotatable bonds is 19. The molecule has 0 saturated carbocycles. The molecule has 37 heavy (non-hydrogen) atoms. The van der Waals surface area contributed by atoms with E-state index in [1.54, 1.807) is 0 Å². The van der Waals surface area contributed by atoms with Crippen molar-refractivity contribution in [3.8, 4) is 0 Å². The third kappa shape index (κ3) is 13.2. The number of hydrogen-bond donors (Lipinski definition) is 1. The third-order valence-electron chi connectivity index (χ3n) is 6.23. The molecule has 1 N–H and O–H groups in total. The van der Waals surface area contributed by atoms with E-state index in [-0.39, 0.29) is 12.4 Å². The molecule has 1 heterocycles. The Morgan fingerprint density at radius 1 is 0.703 bits per heavy atom. The third-order valence-corrected chi connectivity index (χ3v) is 6.48. The van der Waals surface area contributed by atoms with Gasteiger partial charge in [0.2, 0.25) is 5.95 Å². The molecule has 0 aliphatic heterocycles. The van der Waals surface area contributed by atoms with Gasteiger partial charge >= 0.3 is 0 Å². The molecule has 6 nitrogen and oxygen atoms in total. The molecule has 0 unspecified atom stereocenters. The molecule has 0 fully saturated rings. The van der Waals surface area contributed by atoms with Gasteiger partial charge in [-0.2, -0.15) is 4.98 Å². The van der Waals surface area contributed by atoms with E-state index >= 15 is 0 Å². The van der Waals surface area contributed by atoms with E-state index in [9.17, 15) is 0 Å². The molecule has 1 aromatic carbocycles. The van der Waals surface area contributed by atoms with Gasteiger partial charge in [-0.1, -0.05) is 39.3 Å². The van der Waals surface area contributed by atoms with Crippen LogP contribution in [0.2, 0.25) is 5.02 Å². The maximum atomic E-state index is 6.05. The second-order valence-corrected chi connectivity index (χ2v) is 10.1. The molecule has 2 rings (SSSR count). The van der Waals surface area contributed by atoms with Gasteiger partial charge in [0.1, 0.15) is 5.82 Å². The highest BCUT2D eigenvalue weighted by molar-refractivity contribution is 6.30. The van der Waals surface area contributed by atoms with E-state index in [4.69, 9.17) is 16.6 Å². The molecule has 0 amide bonds. The molecule has 0 bridgehead atoms. The maximum Gasteiger partial charge on any atom is 0.229 e. The average Bonchev–Trinajstić information content (AvgIpc) is 2.84. The first-order chi connectivity index (χ1) is 17.5. The summed E-state index contributed by atoms with van der Waals surface area (Å²) in [6, 6.07) is 9.79. The number of nitrogens with one attached hydrogen (secondary N) is 1. The molecule has 8 heteroatoms. The Balaban J connectivity index is 0.00000684. The van der Waals surface area contributed by atoms with Gasteiger partial charge in [-0.05, 0) is 109 Å². The highest BCUT2D eigenvalue weighted by atomic mass is 35.5. The van der Waals surface area contributed by atoms with Crippen LogP contribution in [-0.4, -0.2) is 72.1 Å². The molecule has 0 aliphatic carbocycles. The highest BCUT2D eigenvalue weighted by Gasteiger charge is 2.13. The fourth-order valence-corrected chi connectivity index (χ4v) is 4.81. The van der Waals surface area contributed by atoms with Crippen molar-refractivity contribution in [1.82, 2.24) is 19.8 Å². The van der Waals surface area contributed by atoms with Gasteiger partial charge in [0.25, 0.3) is 0 Å². The Bertz CT molecular complexity index is 815. The molecule has 210 valence electrons. The molecule has 0 spiro atoms. The topological polar surface area (TPSA) is 47.5 Å². The van der Waals surface area contributed by atoms with Crippen molar-refractivity contribution in [2.45, 2.75) is 73.1 Å². The van der Waals surface area contributed by atoms with E-state index in [2.05, 4.69) is 58.8 Å². The summed E-state index contributed by atoms with van der Waals surface area (Å²) >= 11 is 6.05. The summed E-state index contributed by atoms with van der Waals surface area (Å²) in [4.78, 5) is 17.2. The van der Waals surface area contributed by atoms with Crippen LogP contribution < -0.4 is 10.2 Å². The lowest BCUT2D eigenvalue weighted by molar-refractivity contribution is 0.267. The van der Waals surface area contributed by atoms with Crippen LogP contribution in [0.4, 0.5) is 17.5 Å². The number of benzene rings is 1. The predicted octanol–water partition coefficient (Wildman–Crippen LogP) is 7.43. The smallest absolute Gasteiger partial charge is 0.229 e. The summed E-state index contributed by atoms with van der Waals surface area (Å²) < 4.78 is 0. The van der Waals surface area contributed by atoms with Crippen molar-refractivity contribution in [3.05, 3.63) is 41.0 Å². The Kier molecular flexibility index (Phi) is 17.6. The summed E-state index contributed by atoms with van der Waals surface area (Å²) in [6.45, 7) is 20.1. The Morgan fingerprint density at radius 2 is 1.19 bits per heavy atom. The summed E-state index contributed by atoms with van der Waals surface area (Å²) in [5.41, 5.74) is 1.91. The van der Waals surface area contributed by atoms with Gasteiger partial charge in [-0.3, -0.25) is 0 Å². The van der Waals surface area contributed by atoms with Crippen molar-refractivity contribution in [3.63, 3.8) is 0 Å². The zero-order valence-electron chi connectivity index (χ0n) is 23.8. The highest BCUT2D eigenvalue weighted by Crippen LogP contribution is 2.21. The van der Waals surface area contributed by atoms with Crippen LogP contribution >= 0.6 is 24.0 Å². The molecule has 1 aromatic heterocycles. The molecule has 0 aliphatic rings. The number of aryl methyl sites for hydroxylation is 1. The van der Waals surface area contributed by atoms with Gasteiger partial charge in [-0.15, -0.1) is 12.4 Å². The lowest BCUT2D eigenvalue weighted by Crippen LogP contribution is -2.34. The SMILES string of the molecule is CCCN(CCC)CCCN(CCCN(CCC)CCC)c1cc(C)nc(Nc2ccc(Cl)cc2)n1.Cl. The average molecular weight is 554 g/mol. The Labute approximate surface area is 237 Å².